The number of hydrogen-bond acceptors (Lipinski definition) is 3. The van der Waals surface area contributed by atoms with Gasteiger partial charge in [0.15, 0.2) is 0 Å². The summed E-state index contributed by atoms with van der Waals surface area (Å²) in [5, 5.41) is 8.09. The van der Waals surface area contributed by atoms with Crippen LogP contribution in [-0.2, 0) is 13.7 Å². The first kappa shape index (κ1) is 10.2. The number of ether oxygens (including phenoxy) is 1. The Labute approximate surface area is 96.0 Å². The zero-order valence-corrected chi connectivity index (χ0v) is 9.81. The molecule has 0 radical (unpaired) electrons. The SMILES string of the molecule is Cn1ncc(COc2ccccc2Br)n1. The van der Waals surface area contributed by atoms with E-state index in [-0.39, 0.29) is 0 Å². The summed E-state index contributed by atoms with van der Waals surface area (Å²) in [7, 11) is 1.78. The summed E-state index contributed by atoms with van der Waals surface area (Å²) in [4.78, 5) is 1.51. The Balaban J connectivity index is 2.02. The highest BCUT2D eigenvalue weighted by atomic mass is 79.9. The molecule has 0 atom stereocenters. The summed E-state index contributed by atoms with van der Waals surface area (Å²) in [5.74, 6) is 0.808. The van der Waals surface area contributed by atoms with Gasteiger partial charge in [0.2, 0.25) is 0 Å². The molecule has 4 nitrogen and oxygen atoms in total. The van der Waals surface area contributed by atoms with Crippen molar-refractivity contribution in [1.29, 1.82) is 0 Å². The van der Waals surface area contributed by atoms with E-state index in [1.807, 2.05) is 24.3 Å². The summed E-state index contributed by atoms with van der Waals surface area (Å²) in [6, 6.07) is 7.71. The van der Waals surface area contributed by atoms with Crippen LogP contribution < -0.4 is 4.74 Å². The highest BCUT2D eigenvalue weighted by Gasteiger charge is 2.02. The molecule has 1 aromatic carbocycles. The van der Waals surface area contributed by atoms with Gasteiger partial charge < -0.3 is 4.74 Å². The Morgan fingerprint density at radius 1 is 1.40 bits per heavy atom. The minimum absolute atomic E-state index is 0.427. The van der Waals surface area contributed by atoms with Crippen LogP contribution in [0.2, 0.25) is 0 Å². The van der Waals surface area contributed by atoms with Crippen LogP contribution in [0.5, 0.6) is 5.75 Å². The van der Waals surface area contributed by atoms with E-state index >= 15 is 0 Å². The number of halogens is 1. The molecule has 0 saturated carbocycles. The molecule has 0 aliphatic rings. The van der Waals surface area contributed by atoms with Crippen LogP contribution >= 0.6 is 15.9 Å². The monoisotopic (exact) mass is 267 g/mol. The second kappa shape index (κ2) is 4.44. The number of nitrogens with zero attached hydrogens (tertiary/aromatic N) is 3. The number of benzene rings is 1. The number of para-hydroxylation sites is 1. The predicted octanol–water partition coefficient (Wildman–Crippen LogP) is 2.16. The molecule has 78 valence electrons. The molecule has 2 aromatic rings. The summed E-state index contributed by atoms with van der Waals surface area (Å²) >= 11 is 3.41. The molecule has 0 amide bonds. The molecule has 15 heavy (non-hydrogen) atoms. The van der Waals surface area contributed by atoms with E-state index in [2.05, 4.69) is 26.1 Å². The maximum absolute atomic E-state index is 5.57. The average molecular weight is 268 g/mol. The van der Waals surface area contributed by atoms with Crippen LogP contribution in [0.4, 0.5) is 0 Å². The average Bonchev–Trinajstić information content (AvgIpc) is 2.63. The molecule has 0 unspecified atom stereocenters. The van der Waals surface area contributed by atoms with Crippen LogP contribution in [0.1, 0.15) is 5.69 Å². The second-order valence-corrected chi connectivity index (χ2v) is 3.90. The normalized spacial score (nSPS) is 10.3. The number of aryl methyl sites for hydroxylation is 1. The van der Waals surface area contributed by atoms with Crippen molar-refractivity contribution in [3.05, 3.63) is 40.6 Å². The standard InChI is InChI=1S/C10H10BrN3O/c1-14-12-6-8(13-14)7-15-10-5-3-2-4-9(10)11/h2-6H,7H2,1H3. The van der Waals surface area contributed by atoms with Gasteiger partial charge in [0.25, 0.3) is 0 Å². The molecule has 1 aromatic heterocycles. The first-order valence-corrected chi connectivity index (χ1v) is 5.27. The van der Waals surface area contributed by atoms with E-state index in [0.29, 0.717) is 6.61 Å². The molecule has 0 bridgehead atoms. The van der Waals surface area contributed by atoms with Crippen LogP contribution in [-0.4, -0.2) is 15.0 Å². The molecular weight excluding hydrogens is 258 g/mol. The molecular formula is C10H10BrN3O. The lowest BCUT2D eigenvalue weighted by Crippen LogP contribution is -1.98. The number of aromatic nitrogens is 3. The van der Waals surface area contributed by atoms with Crippen molar-refractivity contribution in [2.24, 2.45) is 7.05 Å². The zero-order valence-electron chi connectivity index (χ0n) is 8.22. The largest absolute Gasteiger partial charge is 0.486 e. The molecule has 2 rings (SSSR count). The predicted molar refractivity (Wildman–Crippen MR) is 59.5 cm³/mol. The Morgan fingerprint density at radius 2 is 2.20 bits per heavy atom. The van der Waals surface area contributed by atoms with Crippen molar-refractivity contribution >= 4 is 15.9 Å². The minimum Gasteiger partial charge on any atom is -0.486 e. The third-order valence-corrected chi connectivity index (χ3v) is 2.51. The third kappa shape index (κ3) is 2.56. The Bertz CT molecular complexity index is 455. The summed E-state index contributed by atoms with van der Waals surface area (Å²) in [6.45, 7) is 0.427. The lowest BCUT2D eigenvalue weighted by molar-refractivity contribution is 0.298. The first-order valence-electron chi connectivity index (χ1n) is 4.48. The van der Waals surface area contributed by atoms with Gasteiger partial charge in [0.05, 0.1) is 10.7 Å². The number of hydrogen-bond donors (Lipinski definition) is 0. The Kier molecular flexibility index (Phi) is 3.01. The van der Waals surface area contributed by atoms with E-state index in [9.17, 15) is 0 Å². The fourth-order valence-electron chi connectivity index (χ4n) is 1.17. The second-order valence-electron chi connectivity index (χ2n) is 3.04. The Hall–Kier alpha value is -1.36. The van der Waals surface area contributed by atoms with Gasteiger partial charge in [-0.3, -0.25) is 0 Å². The van der Waals surface area contributed by atoms with Crippen molar-refractivity contribution in [3.8, 4) is 5.75 Å². The van der Waals surface area contributed by atoms with E-state index in [1.54, 1.807) is 13.2 Å². The van der Waals surface area contributed by atoms with Crippen molar-refractivity contribution < 1.29 is 4.74 Å². The smallest absolute Gasteiger partial charge is 0.134 e. The van der Waals surface area contributed by atoms with Gasteiger partial charge in [-0.05, 0) is 28.1 Å². The van der Waals surface area contributed by atoms with Gasteiger partial charge in [-0.1, -0.05) is 12.1 Å². The van der Waals surface area contributed by atoms with Crippen LogP contribution in [0, 0.1) is 0 Å². The fourth-order valence-corrected chi connectivity index (χ4v) is 1.57. The summed E-state index contributed by atoms with van der Waals surface area (Å²) < 4.78 is 6.51. The van der Waals surface area contributed by atoms with E-state index in [0.717, 1.165) is 15.9 Å². The van der Waals surface area contributed by atoms with Crippen molar-refractivity contribution in [2.75, 3.05) is 0 Å². The molecule has 1 heterocycles. The third-order valence-electron chi connectivity index (χ3n) is 1.86. The summed E-state index contributed by atoms with van der Waals surface area (Å²) in [5.41, 5.74) is 0.813. The molecule has 0 spiro atoms. The fraction of sp³-hybridized carbons (Fsp3) is 0.200. The number of rotatable bonds is 3. The first-order chi connectivity index (χ1) is 7.25. The quantitative estimate of drug-likeness (QED) is 0.856. The topological polar surface area (TPSA) is 39.9 Å². The van der Waals surface area contributed by atoms with Gasteiger partial charge in [-0.15, -0.1) is 0 Å². The van der Waals surface area contributed by atoms with Crippen LogP contribution in [0.3, 0.4) is 0 Å². The molecule has 0 N–H and O–H groups in total. The van der Waals surface area contributed by atoms with Gasteiger partial charge in [-0.2, -0.15) is 15.0 Å². The van der Waals surface area contributed by atoms with Crippen molar-refractivity contribution in [1.82, 2.24) is 15.0 Å². The van der Waals surface area contributed by atoms with Crippen molar-refractivity contribution in [2.45, 2.75) is 6.61 Å². The van der Waals surface area contributed by atoms with Gasteiger partial charge >= 0.3 is 0 Å². The maximum Gasteiger partial charge on any atom is 0.134 e. The van der Waals surface area contributed by atoms with E-state index in [4.69, 9.17) is 4.74 Å². The molecule has 0 aliphatic heterocycles. The zero-order chi connectivity index (χ0) is 10.7. The van der Waals surface area contributed by atoms with E-state index < -0.39 is 0 Å². The minimum atomic E-state index is 0.427. The van der Waals surface area contributed by atoms with Crippen LogP contribution in [0.15, 0.2) is 34.9 Å². The van der Waals surface area contributed by atoms with E-state index in [1.165, 1.54) is 4.80 Å². The van der Waals surface area contributed by atoms with Gasteiger partial charge in [0.1, 0.15) is 18.1 Å². The molecule has 0 fully saturated rings. The van der Waals surface area contributed by atoms with Gasteiger partial charge in [0, 0.05) is 7.05 Å². The molecule has 0 aliphatic carbocycles. The van der Waals surface area contributed by atoms with Gasteiger partial charge in [-0.25, -0.2) is 0 Å². The Morgan fingerprint density at radius 3 is 2.87 bits per heavy atom. The lowest BCUT2D eigenvalue weighted by Gasteiger charge is -2.05. The van der Waals surface area contributed by atoms with Crippen LogP contribution in [0.25, 0.3) is 0 Å². The highest BCUT2D eigenvalue weighted by Crippen LogP contribution is 2.24. The highest BCUT2D eigenvalue weighted by molar-refractivity contribution is 9.10. The molecule has 0 saturated heterocycles. The molecule has 5 heteroatoms. The summed E-state index contributed by atoms with van der Waals surface area (Å²) in [6.07, 6.45) is 1.69. The van der Waals surface area contributed by atoms with Crippen molar-refractivity contribution in [3.63, 3.8) is 0 Å². The lowest BCUT2D eigenvalue weighted by atomic mass is 10.3. The maximum atomic E-state index is 5.57.